The molecule has 1 heterocycles. The molecule has 2 aromatic carbocycles. The number of anilines is 1. The van der Waals surface area contributed by atoms with E-state index in [1.807, 2.05) is 44.3 Å². The van der Waals surface area contributed by atoms with E-state index in [0.29, 0.717) is 16.4 Å². The van der Waals surface area contributed by atoms with Crippen LogP contribution in [0.3, 0.4) is 0 Å². The summed E-state index contributed by atoms with van der Waals surface area (Å²) in [4.78, 5) is 25.0. The molecule has 28 heavy (non-hydrogen) atoms. The lowest BCUT2D eigenvalue weighted by molar-refractivity contribution is -0.113. The Morgan fingerprint density at radius 2 is 1.82 bits per heavy atom. The molecule has 0 spiro atoms. The average molecular weight is 395 g/mol. The average Bonchev–Trinajstić information content (AvgIpc) is 3.12. The van der Waals surface area contributed by atoms with Crippen LogP contribution in [0.25, 0.3) is 0 Å². The summed E-state index contributed by atoms with van der Waals surface area (Å²) in [6.07, 6.45) is 1.58. The number of benzene rings is 2. The van der Waals surface area contributed by atoms with Gasteiger partial charge in [0.25, 0.3) is 5.91 Å². The van der Waals surface area contributed by atoms with Gasteiger partial charge in [-0.3, -0.25) is 9.59 Å². The van der Waals surface area contributed by atoms with Gasteiger partial charge in [-0.05, 0) is 24.6 Å². The van der Waals surface area contributed by atoms with E-state index in [1.165, 1.54) is 11.8 Å². The van der Waals surface area contributed by atoms with Crippen LogP contribution in [-0.4, -0.2) is 32.3 Å². The molecule has 0 saturated carbocycles. The Hall–Kier alpha value is -3.13. The highest BCUT2D eigenvalue weighted by Gasteiger charge is 2.16. The minimum Gasteiger partial charge on any atom is -0.345 e. The first kappa shape index (κ1) is 19.6. The predicted molar refractivity (Wildman–Crippen MR) is 109 cm³/mol. The number of para-hydroxylation sites is 1. The Morgan fingerprint density at radius 3 is 2.54 bits per heavy atom. The molecule has 7 nitrogen and oxygen atoms in total. The van der Waals surface area contributed by atoms with E-state index < -0.39 is 0 Å². The second kappa shape index (κ2) is 9.18. The van der Waals surface area contributed by atoms with Gasteiger partial charge in [0.05, 0.1) is 23.0 Å². The molecule has 0 radical (unpaired) electrons. The van der Waals surface area contributed by atoms with E-state index in [-0.39, 0.29) is 23.6 Å². The zero-order valence-corrected chi connectivity index (χ0v) is 16.4. The van der Waals surface area contributed by atoms with Gasteiger partial charge in [0, 0.05) is 7.05 Å². The van der Waals surface area contributed by atoms with Gasteiger partial charge in [0.1, 0.15) is 6.33 Å². The highest BCUT2D eigenvalue weighted by molar-refractivity contribution is 7.99. The Labute approximate surface area is 167 Å². The number of hydrogen-bond donors (Lipinski definition) is 2. The van der Waals surface area contributed by atoms with Crippen molar-refractivity contribution in [1.82, 2.24) is 20.1 Å². The number of thioether (sulfide) groups is 1. The van der Waals surface area contributed by atoms with E-state index in [0.717, 1.165) is 5.56 Å². The second-order valence-electron chi connectivity index (χ2n) is 6.21. The van der Waals surface area contributed by atoms with Crippen molar-refractivity contribution in [3.05, 3.63) is 72.1 Å². The Balaban J connectivity index is 1.64. The van der Waals surface area contributed by atoms with E-state index in [9.17, 15) is 9.59 Å². The molecule has 0 fully saturated rings. The fourth-order valence-electron chi connectivity index (χ4n) is 2.61. The molecule has 2 amide bonds. The van der Waals surface area contributed by atoms with Crippen molar-refractivity contribution in [3.63, 3.8) is 0 Å². The minimum absolute atomic E-state index is 0.149. The van der Waals surface area contributed by atoms with Gasteiger partial charge in [0.2, 0.25) is 5.91 Å². The van der Waals surface area contributed by atoms with Crippen molar-refractivity contribution in [3.8, 4) is 0 Å². The summed E-state index contributed by atoms with van der Waals surface area (Å²) in [7, 11) is 1.81. The molecule has 3 aromatic rings. The quantitative estimate of drug-likeness (QED) is 0.600. The van der Waals surface area contributed by atoms with Crippen LogP contribution in [0.15, 0.2) is 66.1 Å². The molecule has 1 aromatic heterocycles. The van der Waals surface area contributed by atoms with Gasteiger partial charge in [0.15, 0.2) is 5.16 Å². The monoisotopic (exact) mass is 395 g/mol. The lowest BCUT2D eigenvalue weighted by atomic mass is 10.1. The summed E-state index contributed by atoms with van der Waals surface area (Å²) in [6, 6.07) is 16.5. The van der Waals surface area contributed by atoms with Gasteiger partial charge in [-0.2, -0.15) is 0 Å². The third-order valence-electron chi connectivity index (χ3n) is 4.10. The van der Waals surface area contributed by atoms with E-state index in [4.69, 9.17) is 0 Å². The van der Waals surface area contributed by atoms with Crippen molar-refractivity contribution in [1.29, 1.82) is 0 Å². The molecule has 0 bridgehead atoms. The Kier molecular flexibility index (Phi) is 6.44. The third kappa shape index (κ3) is 4.98. The van der Waals surface area contributed by atoms with Crippen molar-refractivity contribution in [2.75, 3.05) is 11.1 Å². The van der Waals surface area contributed by atoms with Crippen molar-refractivity contribution in [2.45, 2.75) is 18.1 Å². The predicted octanol–water partition coefficient (Wildman–Crippen LogP) is 3.04. The van der Waals surface area contributed by atoms with E-state index >= 15 is 0 Å². The lowest BCUT2D eigenvalue weighted by Crippen LogP contribution is -2.28. The SMILES string of the molecule is CC(NC(=O)c1ccccc1NC(=O)CSc1nncn1C)c1ccccc1. The maximum absolute atomic E-state index is 12.7. The summed E-state index contributed by atoms with van der Waals surface area (Å²) < 4.78 is 1.74. The highest BCUT2D eigenvalue weighted by Crippen LogP contribution is 2.19. The van der Waals surface area contributed by atoms with Crippen LogP contribution in [0.5, 0.6) is 0 Å². The van der Waals surface area contributed by atoms with Crippen LogP contribution in [-0.2, 0) is 11.8 Å². The summed E-state index contributed by atoms with van der Waals surface area (Å²) in [5, 5.41) is 14.1. The summed E-state index contributed by atoms with van der Waals surface area (Å²) in [5.74, 6) is -0.291. The van der Waals surface area contributed by atoms with E-state index in [1.54, 1.807) is 35.2 Å². The number of hydrogen-bond acceptors (Lipinski definition) is 5. The standard InChI is InChI=1S/C20H21N5O2S/c1-14(15-8-4-3-5-9-15)22-19(27)16-10-6-7-11-17(16)23-18(26)12-28-20-24-21-13-25(20)2/h3-11,13-14H,12H2,1-2H3,(H,22,27)(H,23,26). The number of carbonyl (C=O) groups is 2. The molecule has 3 rings (SSSR count). The maximum atomic E-state index is 12.7. The van der Waals surface area contributed by atoms with Gasteiger partial charge in [-0.15, -0.1) is 10.2 Å². The van der Waals surface area contributed by atoms with Crippen LogP contribution in [0.1, 0.15) is 28.9 Å². The van der Waals surface area contributed by atoms with Crippen molar-refractivity contribution < 1.29 is 9.59 Å². The summed E-state index contributed by atoms with van der Waals surface area (Å²) in [5.41, 5.74) is 1.91. The second-order valence-corrected chi connectivity index (χ2v) is 7.16. The molecule has 1 atom stereocenters. The van der Waals surface area contributed by atoms with Gasteiger partial charge in [-0.1, -0.05) is 54.2 Å². The largest absolute Gasteiger partial charge is 0.345 e. The number of aryl methyl sites for hydroxylation is 1. The molecule has 0 aliphatic rings. The number of rotatable bonds is 7. The number of amides is 2. The fraction of sp³-hybridized carbons (Fsp3) is 0.200. The van der Waals surface area contributed by atoms with Crippen LogP contribution in [0.4, 0.5) is 5.69 Å². The lowest BCUT2D eigenvalue weighted by Gasteiger charge is -2.16. The van der Waals surface area contributed by atoms with Crippen LogP contribution in [0.2, 0.25) is 0 Å². The van der Waals surface area contributed by atoms with Gasteiger partial charge < -0.3 is 15.2 Å². The Bertz CT molecular complexity index is 958. The van der Waals surface area contributed by atoms with E-state index in [2.05, 4.69) is 20.8 Å². The van der Waals surface area contributed by atoms with Gasteiger partial charge >= 0.3 is 0 Å². The highest BCUT2D eigenvalue weighted by atomic mass is 32.2. The van der Waals surface area contributed by atoms with Crippen LogP contribution >= 0.6 is 11.8 Å². The summed E-state index contributed by atoms with van der Waals surface area (Å²) in [6.45, 7) is 1.92. The first-order valence-corrected chi connectivity index (χ1v) is 9.74. The van der Waals surface area contributed by atoms with Crippen LogP contribution < -0.4 is 10.6 Å². The third-order valence-corrected chi connectivity index (χ3v) is 5.13. The zero-order chi connectivity index (χ0) is 19.9. The number of nitrogens with zero attached hydrogens (tertiary/aromatic N) is 3. The molecular formula is C20H21N5O2S. The number of carbonyl (C=O) groups excluding carboxylic acids is 2. The minimum atomic E-state index is -0.242. The first-order valence-electron chi connectivity index (χ1n) is 8.76. The molecule has 8 heteroatoms. The normalized spacial score (nSPS) is 11.6. The van der Waals surface area contributed by atoms with Crippen molar-refractivity contribution >= 4 is 29.3 Å². The fourth-order valence-corrected chi connectivity index (χ4v) is 3.30. The number of aromatic nitrogens is 3. The zero-order valence-electron chi connectivity index (χ0n) is 15.6. The maximum Gasteiger partial charge on any atom is 0.253 e. The molecular weight excluding hydrogens is 374 g/mol. The molecule has 0 saturated heterocycles. The van der Waals surface area contributed by atoms with Crippen LogP contribution in [0, 0.1) is 0 Å². The molecule has 1 unspecified atom stereocenters. The summed E-state index contributed by atoms with van der Waals surface area (Å²) >= 11 is 1.28. The smallest absolute Gasteiger partial charge is 0.253 e. The topological polar surface area (TPSA) is 88.9 Å². The van der Waals surface area contributed by atoms with Crippen molar-refractivity contribution in [2.24, 2.45) is 7.05 Å². The molecule has 0 aliphatic heterocycles. The molecule has 144 valence electrons. The Morgan fingerprint density at radius 1 is 1.11 bits per heavy atom. The molecule has 0 aliphatic carbocycles. The van der Waals surface area contributed by atoms with Gasteiger partial charge in [-0.25, -0.2) is 0 Å². The number of nitrogens with one attached hydrogen (secondary N) is 2. The molecule has 2 N–H and O–H groups in total. The first-order chi connectivity index (χ1) is 13.5.